The number of aliphatic hydroxyl groups is 2. The van der Waals surface area contributed by atoms with Crippen molar-refractivity contribution in [1.29, 1.82) is 0 Å². The van der Waals surface area contributed by atoms with Gasteiger partial charge in [-0.1, -0.05) is 275 Å². The summed E-state index contributed by atoms with van der Waals surface area (Å²) in [5, 5.41) is 30.2. The summed E-state index contributed by atoms with van der Waals surface area (Å²) in [6.45, 7) is 13.8. The van der Waals surface area contributed by atoms with Crippen molar-refractivity contribution in [1.82, 2.24) is 5.32 Å². The van der Waals surface area contributed by atoms with E-state index in [4.69, 9.17) is 37.9 Å². The van der Waals surface area contributed by atoms with Crippen molar-refractivity contribution in [2.24, 2.45) is 57.4 Å². The quantitative estimate of drug-likeness (QED) is 0.0109. The van der Waals surface area contributed by atoms with Gasteiger partial charge >= 0.3 is 5.97 Å². The summed E-state index contributed by atoms with van der Waals surface area (Å²) in [5.74, 6) is 1.02. The van der Waals surface area contributed by atoms with Crippen molar-refractivity contribution >= 4 is 11.9 Å². The highest BCUT2D eigenvalue weighted by Gasteiger charge is 2.63. The van der Waals surface area contributed by atoms with Gasteiger partial charge in [-0.05, 0) is 150 Å². The number of azide groups is 1. The maximum Gasteiger partial charge on any atom is 0.328 e. The van der Waals surface area contributed by atoms with Gasteiger partial charge in [0.15, 0.2) is 6.29 Å². The van der Waals surface area contributed by atoms with E-state index in [1.165, 1.54) is 57.8 Å². The number of nitrogens with zero attached hydrogens (tertiary/aromatic N) is 3. The largest absolute Gasteiger partial charge is 0.461 e. The summed E-state index contributed by atoms with van der Waals surface area (Å²) in [6.07, 6.45) is 16.9. The van der Waals surface area contributed by atoms with E-state index in [1.807, 2.05) is 166 Å². The molecule has 1 saturated heterocycles. The zero-order chi connectivity index (χ0) is 73.1. The molecule has 5 aliphatic rings. The molecule has 568 valence electrons. The van der Waals surface area contributed by atoms with Gasteiger partial charge < -0.3 is 53.4 Å². The van der Waals surface area contributed by atoms with E-state index in [1.54, 1.807) is 0 Å². The summed E-state index contributed by atoms with van der Waals surface area (Å²) >= 11 is 0. The minimum absolute atomic E-state index is 0.0606. The fourth-order valence-electron chi connectivity index (χ4n) is 18.7. The second-order valence-corrected chi connectivity index (χ2v) is 32.1. The van der Waals surface area contributed by atoms with Crippen molar-refractivity contribution in [2.45, 2.75) is 289 Å². The van der Waals surface area contributed by atoms with Crippen LogP contribution in [-0.4, -0.2) is 103 Å². The molecule has 5 aromatic rings. The Morgan fingerprint density at radius 3 is 1.63 bits per heavy atom. The van der Waals surface area contributed by atoms with Gasteiger partial charge in [0.05, 0.1) is 70.1 Å². The highest BCUT2D eigenvalue weighted by molar-refractivity contribution is 5.84. The van der Waals surface area contributed by atoms with Gasteiger partial charge in [0.1, 0.15) is 37.1 Å². The lowest BCUT2D eigenvalue weighted by Gasteiger charge is -2.62. The Morgan fingerprint density at radius 1 is 0.587 bits per heavy atom. The molecule has 1 heterocycles. The van der Waals surface area contributed by atoms with Crippen LogP contribution in [0.3, 0.4) is 0 Å². The Hall–Kier alpha value is -6.01. The van der Waals surface area contributed by atoms with Crippen molar-refractivity contribution < 1.29 is 57.7 Å². The molecular formula is C88H124N4O12. The molecule has 0 radical (unpaired) electrons. The summed E-state index contributed by atoms with van der Waals surface area (Å²) in [6, 6.07) is 47.7. The zero-order valence-electron chi connectivity index (χ0n) is 63.4. The van der Waals surface area contributed by atoms with Crippen molar-refractivity contribution in [3.05, 3.63) is 190 Å². The van der Waals surface area contributed by atoms with Crippen LogP contribution in [0, 0.1) is 52.3 Å². The van der Waals surface area contributed by atoms with Crippen LogP contribution in [-0.2, 0) is 80.5 Å². The molecule has 16 heteroatoms. The second-order valence-electron chi connectivity index (χ2n) is 32.1. The van der Waals surface area contributed by atoms with Crippen LogP contribution in [0.5, 0.6) is 0 Å². The topological polar surface area (TPSA) is 209 Å². The Kier molecular flexibility index (Phi) is 32.0. The van der Waals surface area contributed by atoms with Crippen LogP contribution < -0.4 is 5.32 Å². The summed E-state index contributed by atoms with van der Waals surface area (Å²) in [5.41, 5.74) is 15.5. The van der Waals surface area contributed by atoms with Crippen LogP contribution in [0.25, 0.3) is 10.4 Å². The normalized spacial score (nSPS) is 28.0. The Morgan fingerprint density at radius 2 is 1.09 bits per heavy atom. The predicted molar refractivity (Wildman–Crippen MR) is 407 cm³/mol. The van der Waals surface area contributed by atoms with Crippen LogP contribution in [0.1, 0.15) is 217 Å². The fraction of sp³-hybridized carbons (Fsp3) is 0.636. The minimum atomic E-state index is -1.23. The van der Waals surface area contributed by atoms with Gasteiger partial charge in [0.2, 0.25) is 5.91 Å². The SMILES string of the molecule is CCCCCCCCCCCCCC[C@@H](OCc1ccccc1)[C@@H](OCc1ccccc1)[C@H](COC1OC(COC(=O)[C@@H](NC(=O)CC[C@@H](C)C2CCC3C4C(CC[C@@]32C)[C@@]2(C)CC[C@@H](O)CC2C[C@H]4O)C(C)C)C(OCc2ccccc2)C(OCc2ccccc2)C1OCc1ccccc1)N=[N+]=[N-]. The number of fused-ring (bicyclic) bond motifs is 5. The van der Waals surface area contributed by atoms with Crippen LogP contribution in [0.4, 0.5) is 0 Å². The lowest BCUT2D eigenvalue weighted by Crippen LogP contribution is -2.62. The number of ether oxygens (including phenoxy) is 8. The van der Waals surface area contributed by atoms with Crippen LogP contribution >= 0.6 is 0 Å². The van der Waals surface area contributed by atoms with E-state index < -0.39 is 61.0 Å². The first-order chi connectivity index (χ1) is 50.6. The highest BCUT2D eigenvalue weighted by atomic mass is 16.7. The predicted octanol–water partition coefficient (Wildman–Crippen LogP) is 18.5. The number of benzene rings is 5. The molecule has 10 rings (SSSR count). The number of carbonyl (C=O) groups excluding carboxylic acids is 2. The molecule has 5 aromatic carbocycles. The van der Waals surface area contributed by atoms with Gasteiger partial charge in [0.25, 0.3) is 0 Å². The van der Waals surface area contributed by atoms with Gasteiger partial charge in [-0.3, -0.25) is 4.79 Å². The van der Waals surface area contributed by atoms with E-state index in [0.29, 0.717) is 43.1 Å². The highest BCUT2D eigenvalue weighted by Crippen LogP contribution is 2.68. The number of carbonyl (C=O) groups is 2. The molecule has 0 aromatic heterocycles. The Labute approximate surface area is 621 Å². The molecule has 4 saturated carbocycles. The number of nitrogens with one attached hydrogen (secondary N) is 1. The summed E-state index contributed by atoms with van der Waals surface area (Å²) in [7, 11) is 0. The van der Waals surface area contributed by atoms with Gasteiger partial charge in [-0.25, -0.2) is 4.79 Å². The number of rotatable bonds is 43. The lowest BCUT2D eigenvalue weighted by atomic mass is 9.43. The molecule has 5 fully saturated rings. The maximum atomic E-state index is 14.9. The number of esters is 1. The monoisotopic (exact) mass is 1430 g/mol. The van der Waals surface area contributed by atoms with Crippen LogP contribution in [0.2, 0.25) is 0 Å². The number of unbranched alkanes of at least 4 members (excludes halogenated alkanes) is 11. The number of aliphatic hydroxyl groups excluding tert-OH is 2. The summed E-state index contributed by atoms with van der Waals surface area (Å²) < 4.78 is 55.8. The van der Waals surface area contributed by atoms with Crippen molar-refractivity contribution in [3.63, 3.8) is 0 Å². The molecule has 16 nitrogen and oxygen atoms in total. The zero-order valence-corrected chi connectivity index (χ0v) is 63.4. The minimum Gasteiger partial charge on any atom is -0.461 e. The number of hydrogen-bond acceptors (Lipinski definition) is 13. The van der Waals surface area contributed by atoms with Crippen molar-refractivity contribution in [2.75, 3.05) is 13.2 Å². The molecule has 1 aliphatic heterocycles. The third-order valence-electron chi connectivity index (χ3n) is 24.6. The average molecular weight is 1430 g/mol. The first-order valence-corrected chi connectivity index (χ1v) is 40.1. The summed E-state index contributed by atoms with van der Waals surface area (Å²) in [4.78, 5) is 32.7. The number of hydrogen-bond donors (Lipinski definition) is 3. The van der Waals surface area contributed by atoms with E-state index in [2.05, 4.69) is 43.0 Å². The molecule has 10 unspecified atom stereocenters. The fourth-order valence-corrected chi connectivity index (χ4v) is 18.7. The third kappa shape index (κ3) is 22.5. The molecule has 0 spiro atoms. The molecule has 1 amide bonds. The first-order valence-electron chi connectivity index (χ1n) is 40.1. The first kappa shape index (κ1) is 80.5. The van der Waals surface area contributed by atoms with Gasteiger partial charge in [-0.15, -0.1) is 0 Å². The van der Waals surface area contributed by atoms with Gasteiger partial charge in [-0.2, -0.15) is 0 Å². The molecular weight excluding hydrogens is 1300 g/mol. The Balaban J connectivity index is 0.883. The van der Waals surface area contributed by atoms with E-state index in [-0.39, 0.29) is 92.8 Å². The molecule has 4 aliphatic carbocycles. The van der Waals surface area contributed by atoms with E-state index in [9.17, 15) is 25.3 Å². The van der Waals surface area contributed by atoms with Gasteiger partial charge in [0, 0.05) is 11.3 Å². The third-order valence-corrected chi connectivity index (χ3v) is 24.6. The lowest BCUT2D eigenvalue weighted by molar-refractivity contribution is -0.328. The standard InChI is InChI=1S/C88H124N4O12/c1-7-8-9-10-11-12-13-14-15-16-17-33-44-76(97-55-64-34-23-18-24-35-64)81(98-56-65-36-25-19-26-37-65)74(91-92-89)60-103-86-84(101-59-68-42-31-22-32-43-68)83(100-58-67-40-29-21-30-41-67)82(99-57-66-38-27-20-28-39-66)77(104-86)61-102-85(96)80(62(2)3)90-78(95)48-45-63(4)71-46-47-72-79-73(50-52-88(71,72)6)87(5)51-49-70(93)53-69(87)54-75(79)94/h18-32,34-43,62-63,69-77,79-84,86,93-94H,7-17,33,44-61H2,1-6H3,(H,90,95)/t63-,69?,70-,71?,72?,73?,74+,75-,76-,77?,79?,80+,81+,82?,83?,84?,86?,87+,88-/m1/s1. The number of amides is 1. The second kappa shape index (κ2) is 41.4. The molecule has 3 N–H and O–H groups in total. The van der Waals surface area contributed by atoms with Crippen molar-refractivity contribution in [3.8, 4) is 0 Å². The van der Waals surface area contributed by atoms with Crippen LogP contribution in [0.15, 0.2) is 157 Å². The molecule has 0 bridgehead atoms. The maximum absolute atomic E-state index is 14.9. The van der Waals surface area contributed by atoms with E-state index in [0.717, 1.165) is 98.4 Å². The smallest absolute Gasteiger partial charge is 0.328 e. The Bertz CT molecular complexity index is 3320. The average Bonchev–Trinajstić information content (AvgIpc) is 1.38. The molecule has 104 heavy (non-hydrogen) atoms. The van der Waals surface area contributed by atoms with E-state index >= 15 is 0 Å². The molecule has 19 atom stereocenters.